The van der Waals surface area contributed by atoms with E-state index in [9.17, 15) is 18.8 Å². The van der Waals surface area contributed by atoms with Crippen LogP contribution in [0.15, 0.2) is 29.6 Å². The summed E-state index contributed by atoms with van der Waals surface area (Å²) >= 11 is 1.23. The van der Waals surface area contributed by atoms with E-state index in [1.165, 1.54) is 35.6 Å². The second-order valence-electron chi connectivity index (χ2n) is 9.04. The van der Waals surface area contributed by atoms with Gasteiger partial charge in [0.1, 0.15) is 16.5 Å². The molecule has 0 bridgehead atoms. The summed E-state index contributed by atoms with van der Waals surface area (Å²) < 4.78 is 13.2. The molecule has 188 valence electrons. The number of nitrogens with one attached hydrogen (secondary N) is 3. The van der Waals surface area contributed by atoms with Crippen molar-refractivity contribution in [2.75, 3.05) is 7.05 Å². The number of amides is 1. The van der Waals surface area contributed by atoms with Gasteiger partial charge in [-0.1, -0.05) is 26.2 Å². The lowest BCUT2D eigenvalue weighted by Crippen LogP contribution is -2.53. The number of hydrogen-bond donors (Lipinski definition) is 3. The summed E-state index contributed by atoms with van der Waals surface area (Å²) in [4.78, 5) is 43.4. The summed E-state index contributed by atoms with van der Waals surface area (Å²) in [5.74, 6) is -2.00. The second kappa shape index (κ2) is 12.3. The number of aromatic nitrogens is 1. The number of halogens is 1. The second-order valence-corrected chi connectivity index (χ2v) is 9.93. The summed E-state index contributed by atoms with van der Waals surface area (Å²) in [5, 5.41) is 16.7. The quantitative estimate of drug-likeness (QED) is 0.315. The molecule has 9 heteroatoms. The third kappa shape index (κ3) is 6.46. The van der Waals surface area contributed by atoms with E-state index < -0.39 is 23.8 Å². The van der Waals surface area contributed by atoms with Crippen molar-refractivity contribution in [2.45, 2.75) is 70.4 Å². The van der Waals surface area contributed by atoms with Gasteiger partial charge in [-0.05, 0) is 63.4 Å². The van der Waals surface area contributed by atoms with E-state index in [1.54, 1.807) is 19.4 Å². The Balaban J connectivity index is 1.81. The van der Waals surface area contributed by atoms with Gasteiger partial charge in [-0.3, -0.25) is 14.4 Å². The zero-order chi connectivity index (χ0) is 25.5. The molecule has 0 aliphatic heterocycles. The van der Waals surface area contributed by atoms with E-state index >= 15 is 0 Å². The van der Waals surface area contributed by atoms with Gasteiger partial charge in [0.2, 0.25) is 11.7 Å². The van der Waals surface area contributed by atoms with Crippen molar-refractivity contribution in [3.05, 3.63) is 51.7 Å². The monoisotopic (exact) mass is 500 g/mol. The van der Waals surface area contributed by atoms with Gasteiger partial charge in [0, 0.05) is 10.9 Å². The number of rotatable bonds is 11. The van der Waals surface area contributed by atoms with Gasteiger partial charge in [-0.15, -0.1) is 11.3 Å². The van der Waals surface area contributed by atoms with Gasteiger partial charge in [0.05, 0.1) is 23.7 Å². The Morgan fingerprint density at radius 2 is 1.83 bits per heavy atom. The van der Waals surface area contributed by atoms with Crippen LogP contribution in [0.4, 0.5) is 4.39 Å². The van der Waals surface area contributed by atoms with Crippen LogP contribution in [0.25, 0.3) is 0 Å². The zero-order valence-corrected chi connectivity index (χ0v) is 21.2. The smallest absolute Gasteiger partial charge is 0.237 e. The minimum absolute atomic E-state index is 0.00554. The van der Waals surface area contributed by atoms with E-state index in [1.807, 2.05) is 6.92 Å². The Kier molecular flexibility index (Phi) is 9.40. The van der Waals surface area contributed by atoms with Crippen LogP contribution in [0.5, 0.6) is 0 Å². The predicted molar refractivity (Wildman–Crippen MR) is 135 cm³/mol. The average molecular weight is 501 g/mol. The third-order valence-electron chi connectivity index (χ3n) is 6.71. The molecule has 1 amide bonds. The highest BCUT2D eigenvalue weighted by molar-refractivity contribution is 7.10. The summed E-state index contributed by atoms with van der Waals surface area (Å²) in [7, 11) is 1.68. The zero-order valence-electron chi connectivity index (χ0n) is 20.4. The molecule has 1 heterocycles. The Labute approximate surface area is 209 Å². The fourth-order valence-electron chi connectivity index (χ4n) is 4.42. The van der Waals surface area contributed by atoms with Gasteiger partial charge in [0.25, 0.3) is 0 Å². The van der Waals surface area contributed by atoms with Crippen molar-refractivity contribution in [2.24, 2.45) is 5.92 Å². The lowest BCUT2D eigenvalue weighted by Gasteiger charge is -2.31. The van der Waals surface area contributed by atoms with Crippen LogP contribution < -0.4 is 10.6 Å². The van der Waals surface area contributed by atoms with Crippen LogP contribution >= 0.6 is 11.3 Å². The van der Waals surface area contributed by atoms with Crippen LogP contribution in [0.2, 0.25) is 0 Å². The van der Waals surface area contributed by atoms with Crippen molar-refractivity contribution in [1.82, 2.24) is 15.6 Å². The highest BCUT2D eigenvalue weighted by Crippen LogP contribution is 2.30. The van der Waals surface area contributed by atoms with Gasteiger partial charge in [-0.25, -0.2) is 9.37 Å². The number of hydrogen-bond acceptors (Lipinski definition) is 7. The number of ketones is 2. The largest absolute Gasteiger partial charge is 0.344 e. The average Bonchev–Trinajstić information content (AvgIpc) is 3.37. The molecule has 0 unspecified atom stereocenters. The Morgan fingerprint density at radius 1 is 1.17 bits per heavy atom. The molecule has 1 aromatic carbocycles. The first-order chi connectivity index (χ1) is 16.8. The van der Waals surface area contributed by atoms with Crippen molar-refractivity contribution >= 4 is 34.5 Å². The molecular weight excluding hydrogens is 467 g/mol. The topological polar surface area (TPSA) is 112 Å². The molecule has 3 rings (SSSR count). The Morgan fingerprint density at radius 3 is 2.43 bits per heavy atom. The first-order valence-corrected chi connectivity index (χ1v) is 13.0. The fraction of sp³-hybridized carbons (Fsp3) is 0.500. The maximum Gasteiger partial charge on any atom is 0.237 e. The third-order valence-corrected chi connectivity index (χ3v) is 7.67. The molecule has 1 aliphatic rings. The van der Waals surface area contributed by atoms with Gasteiger partial charge < -0.3 is 16.0 Å². The number of nitrogens with zero attached hydrogens (tertiary/aromatic N) is 1. The fourth-order valence-corrected chi connectivity index (χ4v) is 5.41. The Hall–Kier alpha value is -2.78. The molecule has 1 aromatic heterocycles. The van der Waals surface area contributed by atoms with E-state index in [4.69, 9.17) is 5.41 Å². The molecule has 0 spiro atoms. The number of thiazole rings is 1. The standard InChI is InChI=1S/C26H33FN4O3S/c1-4-19(26-30-20(14-35-26)23(32)17-10-12-18(27)13-11-17)21(28)24(33)22(16-8-6-5-7-9-16)31-25(34)15(2)29-3/h10-16,19,22,28-29H,4-9H2,1-3H3,(H,31,34)/t15-,19-,22-/m0/s1. The molecule has 35 heavy (non-hydrogen) atoms. The molecule has 0 saturated heterocycles. The van der Waals surface area contributed by atoms with Crippen LogP contribution in [-0.2, 0) is 9.59 Å². The van der Waals surface area contributed by atoms with Gasteiger partial charge >= 0.3 is 0 Å². The molecular formula is C26H33FN4O3S. The van der Waals surface area contributed by atoms with Crippen molar-refractivity contribution in [1.29, 1.82) is 5.41 Å². The lowest BCUT2D eigenvalue weighted by atomic mass is 9.79. The van der Waals surface area contributed by atoms with E-state index in [-0.39, 0.29) is 34.8 Å². The predicted octanol–water partition coefficient (Wildman–Crippen LogP) is 4.27. The van der Waals surface area contributed by atoms with Crippen LogP contribution in [0, 0.1) is 17.1 Å². The van der Waals surface area contributed by atoms with E-state index in [2.05, 4.69) is 15.6 Å². The van der Waals surface area contributed by atoms with Crippen molar-refractivity contribution in [3.63, 3.8) is 0 Å². The summed E-state index contributed by atoms with van der Waals surface area (Å²) in [5.41, 5.74) is 0.423. The maximum absolute atomic E-state index is 13.6. The number of benzene rings is 1. The summed E-state index contributed by atoms with van der Waals surface area (Å²) in [6, 6.07) is 4.05. The molecule has 3 atom stereocenters. The Bertz CT molecular complexity index is 1060. The molecule has 1 saturated carbocycles. The SMILES string of the molecule is CC[C@@H](C(=N)C(=O)[C@@H](NC(=O)[C@H](C)NC)C1CCCCC1)c1nc(C(=O)c2ccc(F)cc2)cs1. The highest BCUT2D eigenvalue weighted by atomic mass is 32.1. The molecule has 1 fully saturated rings. The number of likely N-dealkylation sites (N-methyl/N-ethyl adjacent to an activating group) is 1. The minimum Gasteiger partial charge on any atom is -0.344 e. The van der Waals surface area contributed by atoms with Crippen LogP contribution in [-0.4, -0.2) is 47.3 Å². The first kappa shape index (κ1) is 26.8. The highest BCUT2D eigenvalue weighted by Gasteiger charge is 2.36. The van der Waals surface area contributed by atoms with Crippen molar-refractivity contribution < 1.29 is 18.8 Å². The van der Waals surface area contributed by atoms with Crippen LogP contribution in [0.1, 0.15) is 79.3 Å². The van der Waals surface area contributed by atoms with Crippen LogP contribution in [0.3, 0.4) is 0 Å². The van der Waals surface area contributed by atoms with Gasteiger partial charge in [0.15, 0.2) is 5.78 Å². The van der Waals surface area contributed by atoms with Gasteiger partial charge in [-0.2, -0.15) is 0 Å². The number of Topliss-reactive ketones (excluding diaryl/α,β-unsaturated/α-hetero) is 1. The normalized spacial score (nSPS) is 16.8. The molecule has 7 nitrogen and oxygen atoms in total. The van der Waals surface area contributed by atoms with E-state index in [0.29, 0.717) is 17.0 Å². The molecule has 1 aliphatic carbocycles. The molecule has 2 aromatic rings. The number of carbonyl (C=O) groups is 3. The lowest BCUT2D eigenvalue weighted by molar-refractivity contribution is -0.127. The summed E-state index contributed by atoms with van der Waals surface area (Å²) in [6.45, 7) is 3.60. The first-order valence-electron chi connectivity index (χ1n) is 12.1. The molecule has 0 radical (unpaired) electrons. The van der Waals surface area contributed by atoms with Crippen molar-refractivity contribution in [3.8, 4) is 0 Å². The maximum atomic E-state index is 13.6. The van der Waals surface area contributed by atoms with E-state index in [0.717, 1.165) is 32.1 Å². The summed E-state index contributed by atoms with van der Waals surface area (Å²) in [6.07, 6.45) is 5.23. The molecule has 3 N–H and O–H groups in total. The minimum atomic E-state index is -0.750. The number of carbonyl (C=O) groups excluding carboxylic acids is 3.